The van der Waals surface area contributed by atoms with Gasteiger partial charge in [0.1, 0.15) is 11.9 Å². The van der Waals surface area contributed by atoms with E-state index in [1.807, 2.05) is 0 Å². The number of nitrogens with two attached hydrogens (primary N) is 1. The molecule has 2 atom stereocenters. The zero-order chi connectivity index (χ0) is 17.7. The Balaban J connectivity index is 1.99. The summed E-state index contributed by atoms with van der Waals surface area (Å²) in [5.74, 6) is -1.29. The molecule has 24 heavy (non-hydrogen) atoms. The van der Waals surface area contributed by atoms with Crippen LogP contribution in [0, 0.1) is 11.7 Å². The Labute approximate surface area is 144 Å². The molecule has 0 aromatic heterocycles. The molecule has 0 spiro atoms. The van der Waals surface area contributed by atoms with Gasteiger partial charge in [0.05, 0.1) is 17.5 Å². The van der Waals surface area contributed by atoms with Gasteiger partial charge in [0, 0.05) is 31.7 Å². The zero-order valence-electron chi connectivity index (χ0n) is 13.2. The van der Waals surface area contributed by atoms with Gasteiger partial charge in [0.15, 0.2) is 0 Å². The van der Waals surface area contributed by atoms with Crippen molar-refractivity contribution < 1.29 is 19.7 Å². The van der Waals surface area contributed by atoms with Crippen LogP contribution in [0.3, 0.4) is 0 Å². The molecule has 3 amide bonds. The van der Waals surface area contributed by atoms with E-state index in [1.54, 1.807) is 4.90 Å². The van der Waals surface area contributed by atoms with Crippen molar-refractivity contribution in [3.05, 3.63) is 29.0 Å². The predicted octanol–water partition coefficient (Wildman–Crippen LogP) is 0.0183. The number of nitrogens with zero attached hydrogens (tertiary/aromatic N) is 1. The number of amides is 3. The van der Waals surface area contributed by atoms with E-state index >= 15 is 0 Å². The third-order valence-electron chi connectivity index (χ3n) is 3.80. The van der Waals surface area contributed by atoms with E-state index in [9.17, 15) is 14.0 Å². The van der Waals surface area contributed by atoms with Crippen molar-refractivity contribution in [3.8, 4) is 0 Å². The fourth-order valence-corrected chi connectivity index (χ4v) is 2.79. The number of carbonyl (C=O) groups excluding carboxylic acids is 2. The second-order valence-corrected chi connectivity index (χ2v) is 6.25. The van der Waals surface area contributed by atoms with Gasteiger partial charge in [-0.25, -0.2) is 9.18 Å². The van der Waals surface area contributed by atoms with Gasteiger partial charge < -0.3 is 27.0 Å². The molecule has 0 bridgehead atoms. The van der Waals surface area contributed by atoms with Gasteiger partial charge in [0.25, 0.3) is 0 Å². The molecule has 0 radical (unpaired) electrons. The zero-order valence-corrected chi connectivity index (χ0v) is 14.0. The highest BCUT2D eigenvalue weighted by Crippen LogP contribution is 2.21. The molecule has 1 fully saturated rings. The fourth-order valence-electron chi connectivity index (χ4n) is 2.67. The van der Waals surface area contributed by atoms with Crippen LogP contribution in [0.2, 0.25) is 5.02 Å². The van der Waals surface area contributed by atoms with Crippen molar-refractivity contribution in [2.45, 2.75) is 12.5 Å². The molecule has 1 aliphatic rings. The first-order chi connectivity index (χ1) is 11.4. The van der Waals surface area contributed by atoms with Crippen LogP contribution >= 0.6 is 11.6 Å². The average molecular weight is 359 g/mol. The van der Waals surface area contributed by atoms with Gasteiger partial charge in [0.2, 0.25) is 5.91 Å². The summed E-state index contributed by atoms with van der Waals surface area (Å²) < 4.78 is 13.5. The first kappa shape index (κ1) is 18.4. The molecule has 7 N–H and O–H groups in total. The van der Waals surface area contributed by atoms with Gasteiger partial charge in [-0.1, -0.05) is 11.6 Å². The third kappa shape index (κ3) is 4.80. The van der Waals surface area contributed by atoms with Crippen LogP contribution in [0.15, 0.2) is 18.2 Å². The summed E-state index contributed by atoms with van der Waals surface area (Å²) in [6.07, 6.45) is 0.558. The van der Waals surface area contributed by atoms with Crippen LogP contribution in [0.4, 0.5) is 14.9 Å². The number of carbonyl (C=O) groups is 2. The molecular weight excluding hydrogens is 337 g/mol. The summed E-state index contributed by atoms with van der Waals surface area (Å²) in [5, 5.41) is 5.33. The monoisotopic (exact) mass is 358 g/mol. The van der Waals surface area contributed by atoms with Crippen LogP contribution in [-0.4, -0.2) is 49.1 Å². The molecule has 0 aliphatic carbocycles. The summed E-state index contributed by atoms with van der Waals surface area (Å²) in [5.41, 5.74) is 9.67. The highest BCUT2D eigenvalue weighted by atomic mass is 35.5. The number of quaternary nitrogens is 1. The van der Waals surface area contributed by atoms with E-state index in [1.165, 1.54) is 12.1 Å². The number of hydrogen-bond acceptors (Lipinski definition) is 3. The maximum absolute atomic E-state index is 13.5. The normalized spacial score (nSPS) is 20.6. The van der Waals surface area contributed by atoms with E-state index in [0.717, 1.165) is 6.07 Å². The molecule has 7 nitrogen and oxygen atoms in total. The Morgan fingerprint density at radius 1 is 1.42 bits per heavy atom. The Morgan fingerprint density at radius 3 is 2.83 bits per heavy atom. The number of rotatable bonds is 4. The maximum Gasteiger partial charge on any atom is 0.317 e. The molecule has 1 aromatic rings. The Kier molecular flexibility index (Phi) is 6.36. The standard InChI is InChI=1S/C15H21ClFN5O2/c16-12-2-1-11(6-13(12)17)21-14(23)9-5-10(19)8-22(7-9)15(24)20-4-3-18/h1-2,6,9-10H,3-5,7-8,18-19H2,(H,20,24)(H,21,23)/p+1. The highest BCUT2D eigenvalue weighted by molar-refractivity contribution is 6.30. The van der Waals surface area contributed by atoms with Gasteiger partial charge in [-0.3, -0.25) is 4.79 Å². The highest BCUT2D eigenvalue weighted by Gasteiger charge is 2.34. The van der Waals surface area contributed by atoms with E-state index in [4.69, 9.17) is 17.3 Å². The number of piperidine rings is 1. The second kappa shape index (κ2) is 8.27. The minimum atomic E-state index is -0.601. The van der Waals surface area contributed by atoms with E-state index in [-0.39, 0.29) is 29.5 Å². The van der Waals surface area contributed by atoms with Crippen molar-refractivity contribution in [1.29, 1.82) is 0 Å². The average Bonchev–Trinajstić information content (AvgIpc) is 2.55. The van der Waals surface area contributed by atoms with Crippen molar-refractivity contribution >= 4 is 29.2 Å². The number of likely N-dealkylation sites (tertiary alicyclic amines) is 1. The van der Waals surface area contributed by atoms with Crippen molar-refractivity contribution in [1.82, 2.24) is 10.2 Å². The second-order valence-electron chi connectivity index (χ2n) is 5.84. The van der Waals surface area contributed by atoms with Gasteiger partial charge in [-0.15, -0.1) is 0 Å². The van der Waals surface area contributed by atoms with Crippen LogP contribution in [-0.2, 0) is 4.79 Å². The predicted molar refractivity (Wildman–Crippen MR) is 88.8 cm³/mol. The summed E-state index contributed by atoms with van der Waals surface area (Å²) >= 11 is 5.62. The van der Waals surface area contributed by atoms with Crippen molar-refractivity contribution in [2.75, 3.05) is 31.5 Å². The lowest BCUT2D eigenvalue weighted by Crippen LogP contribution is -2.70. The lowest BCUT2D eigenvalue weighted by Gasteiger charge is -2.33. The lowest BCUT2D eigenvalue weighted by molar-refractivity contribution is -0.427. The molecule has 0 saturated carbocycles. The van der Waals surface area contributed by atoms with Crippen LogP contribution in [0.25, 0.3) is 0 Å². The first-order valence-corrected chi connectivity index (χ1v) is 8.10. The Hall–Kier alpha value is -1.90. The number of urea groups is 1. The summed E-state index contributed by atoms with van der Waals surface area (Å²) in [7, 11) is 0. The van der Waals surface area contributed by atoms with E-state index in [2.05, 4.69) is 16.4 Å². The lowest BCUT2D eigenvalue weighted by atomic mass is 9.94. The SMILES string of the molecule is NCCNC(=O)N1CC([NH3+])CC(C(=O)Nc2ccc(Cl)c(F)c2)C1. The van der Waals surface area contributed by atoms with Gasteiger partial charge >= 0.3 is 6.03 Å². The number of hydrogen-bond donors (Lipinski definition) is 4. The molecule has 1 aromatic carbocycles. The third-order valence-corrected chi connectivity index (χ3v) is 4.11. The topological polar surface area (TPSA) is 115 Å². The minimum Gasteiger partial charge on any atom is -0.354 e. The summed E-state index contributed by atoms with van der Waals surface area (Å²) in [6, 6.07) is 3.75. The van der Waals surface area contributed by atoms with Gasteiger partial charge in [-0.05, 0) is 18.2 Å². The van der Waals surface area contributed by atoms with E-state index < -0.39 is 11.7 Å². The van der Waals surface area contributed by atoms with Crippen LogP contribution in [0.1, 0.15) is 6.42 Å². The molecule has 1 heterocycles. The minimum absolute atomic E-state index is 0.00811. The smallest absolute Gasteiger partial charge is 0.317 e. The molecular formula is C15H22ClFN5O2+. The molecule has 132 valence electrons. The number of halogens is 2. The van der Waals surface area contributed by atoms with Crippen molar-refractivity contribution in [2.24, 2.45) is 11.7 Å². The molecule has 9 heteroatoms. The Bertz CT molecular complexity index is 616. The summed E-state index contributed by atoms with van der Waals surface area (Å²) in [6.45, 7) is 1.48. The number of nitrogens with one attached hydrogen (secondary N) is 2. The van der Waals surface area contributed by atoms with Crippen molar-refractivity contribution in [3.63, 3.8) is 0 Å². The Morgan fingerprint density at radius 2 is 2.17 bits per heavy atom. The molecule has 1 aliphatic heterocycles. The molecule has 2 rings (SSSR count). The fraction of sp³-hybridized carbons (Fsp3) is 0.467. The van der Waals surface area contributed by atoms with Crippen LogP contribution < -0.4 is 22.1 Å². The first-order valence-electron chi connectivity index (χ1n) is 7.72. The molecule has 2 unspecified atom stereocenters. The number of benzene rings is 1. The van der Waals surface area contributed by atoms with Gasteiger partial charge in [-0.2, -0.15) is 0 Å². The summed E-state index contributed by atoms with van der Waals surface area (Å²) in [4.78, 5) is 26.0. The number of anilines is 1. The molecule has 1 saturated heterocycles. The largest absolute Gasteiger partial charge is 0.354 e. The quantitative estimate of drug-likeness (QED) is 0.608. The van der Waals surface area contributed by atoms with E-state index in [0.29, 0.717) is 31.7 Å². The maximum atomic E-state index is 13.5. The van der Waals surface area contributed by atoms with Crippen LogP contribution in [0.5, 0.6) is 0 Å².